The quantitative estimate of drug-likeness (QED) is 0.662. The van der Waals surface area contributed by atoms with Gasteiger partial charge in [0.05, 0.1) is 12.1 Å². The molecule has 0 unspecified atom stereocenters. The molecule has 1 rings (SSSR count). The highest BCUT2D eigenvalue weighted by Gasteiger charge is 2.36. The van der Waals surface area contributed by atoms with Crippen LogP contribution in [-0.4, -0.2) is 47.7 Å². The standard InChI is InChI=1S/C10H20N2O2/c1-8(2)4-11-9(13)5-12-6-10(3,14)7-12/h8,14H,4-7H2,1-3H3,(H,11,13). The van der Waals surface area contributed by atoms with Crippen LogP contribution in [0.2, 0.25) is 0 Å². The van der Waals surface area contributed by atoms with Gasteiger partial charge < -0.3 is 10.4 Å². The van der Waals surface area contributed by atoms with Gasteiger partial charge in [-0.25, -0.2) is 0 Å². The number of carbonyl (C=O) groups excluding carboxylic acids is 1. The molecule has 0 bridgehead atoms. The summed E-state index contributed by atoms with van der Waals surface area (Å²) in [6, 6.07) is 0. The minimum Gasteiger partial charge on any atom is -0.388 e. The van der Waals surface area contributed by atoms with E-state index < -0.39 is 5.60 Å². The van der Waals surface area contributed by atoms with Crippen LogP contribution >= 0.6 is 0 Å². The van der Waals surface area contributed by atoms with Crippen LogP contribution in [0.4, 0.5) is 0 Å². The van der Waals surface area contributed by atoms with E-state index in [1.807, 2.05) is 4.90 Å². The largest absolute Gasteiger partial charge is 0.388 e. The van der Waals surface area contributed by atoms with Crippen molar-refractivity contribution in [3.63, 3.8) is 0 Å². The molecule has 4 heteroatoms. The monoisotopic (exact) mass is 200 g/mol. The summed E-state index contributed by atoms with van der Waals surface area (Å²) in [6.45, 7) is 8.25. The maximum Gasteiger partial charge on any atom is 0.234 e. The molecule has 2 N–H and O–H groups in total. The zero-order chi connectivity index (χ0) is 10.8. The van der Waals surface area contributed by atoms with Crippen LogP contribution in [0.15, 0.2) is 0 Å². The highest BCUT2D eigenvalue weighted by Crippen LogP contribution is 2.18. The van der Waals surface area contributed by atoms with Crippen molar-refractivity contribution in [1.29, 1.82) is 0 Å². The fourth-order valence-corrected chi connectivity index (χ4v) is 1.61. The van der Waals surface area contributed by atoms with Gasteiger partial charge in [-0.2, -0.15) is 0 Å². The van der Waals surface area contributed by atoms with Gasteiger partial charge in [0.15, 0.2) is 0 Å². The average molecular weight is 200 g/mol. The molecule has 1 saturated heterocycles. The highest BCUT2D eigenvalue weighted by atomic mass is 16.3. The molecule has 0 spiro atoms. The number of aliphatic hydroxyl groups is 1. The second kappa shape index (κ2) is 4.28. The Balaban J connectivity index is 2.11. The number of β-amino-alcohol motifs (C(OH)–C–C–N with tert-alkyl or cyclic N) is 1. The molecule has 1 aliphatic heterocycles. The number of nitrogens with one attached hydrogen (secondary N) is 1. The first kappa shape index (κ1) is 11.5. The number of hydrogen-bond acceptors (Lipinski definition) is 3. The van der Waals surface area contributed by atoms with E-state index in [9.17, 15) is 9.90 Å². The van der Waals surface area contributed by atoms with Gasteiger partial charge in [0.25, 0.3) is 0 Å². The number of rotatable bonds is 4. The van der Waals surface area contributed by atoms with Gasteiger partial charge in [-0.1, -0.05) is 13.8 Å². The smallest absolute Gasteiger partial charge is 0.234 e. The number of hydrogen-bond donors (Lipinski definition) is 2. The Kier molecular flexibility index (Phi) is 3.50. The van der Waals surface area contributed by atoms with Gasteiger partial charge in [-0.15, -0.1) is 0 Å². The number of amides is 1. The third-order valence-corrected chi connectivity index (χ3v) is 2.20. The van der Waals surface area contributed by atoms with E-state index in [-0.39, 0.29) is 5.91 Å². The van der Waals surface area contributed by atoms with Crippen LogP contribution in [-0.2, 0) is 4.79 Å². The molecule has 0 aromatic carbocycles. The van der Waals surface area contributed by atoms with E-state index in [4.69, 9.17) is 0 Å². The summed E-state index contributed by atoms with van der Waals surface area (Å²) in [5, 5.41) is 12.3. The molecule has 1 amide bonds. The van der Waals surface area contributed by atoms with Gasteiger partial charge in [0, 0.05) is 19.6 Å². The van der Waals surface area contributed by atoms with Crippen molar-refractivity contribution in [2.75, 3.05) is 26.2 Å². The SMILES string of the molecule is CC(C)CNC(=O)CN1CC(C)(O)C1. The topological polar surface area (TPSA) is 52.6 Å². The first-order chi connectivity index (χ1) is 6.39. The number of likely N-dealkylation sites (tertiary alicyclic amines) is 1. The van der Waals surface area contributed by atoms with Gasteiger partial charge in [0.2, 0.25) is 5.91 Å². The molecule has 0 aliphatic carbocycles. The number of carbonyl (C=O) groups is 1. The predicted octanol–water partition coefficient (Wildman–Crippen LogP) is -0.175. The van der Waals surface area contributed by atoms with E-state index in [2.05, 4.69) is 19.2 Å². The third kappa shape index (κ3) is 3.64. The summed E-state index contributed by atoms with van der Waals surface area (Å²) in [5.74, 6) is 0.535. The predicted molar refractivity (Wildman–Crippen MR) is 54.9 cm³/mol. The van der Waals surface area contributed by atoms with E-state index in [0.717, 1.165) is 6.54 Å². The maximum atomic E-state index is 11.3. The van der Waals surface area contributed by atoms with Crippen LogP contribution in [0.3, 0.4) is 0 Å². The van der Waals surface area contributed by atoms with Crippen molar-refractivity contribution in [3.8, 4) is 0 Å². The number of nitrogens with zero attached hydrogens (tertiary/aromatic N) is 1. The van der Waals surface area contributed by atoms with Gasteiger partial charge in [-0.3, -0.25) is 9.69 Å². The first-order valence-electron chi connectivity index (χ1n) is 5.10. The lowest BCUT2D eigenvalue weighted by molar-refractivity contribution is -0.130. The molecule has 4 nitrogen and oxygen atoms in total. The summed E-state index contributed by atoms with van der Waals surface area (Å²) >= 11 is 0. The Morgan fingerprint density at radius 3 is 2.57 bits per heavy atom. The van der Waals surface area contributed by atoms with Crippen molar-refractivity contribution in [2.45, 2.75) is 26.4 Å². The molecule has 0 radical (unpaired) electrons. The summed E-state index contributed by atoms with van der Waals surface area (Å²) in [6.07, 6.45) is 0. The molecule has 0 aromatic rings. The molecule has 0 atom stereocenters. The molecule has 0 aromatic heterocycles. The van der Waals surface area contributed by atoms with Crippen LogP contribution in [0, 0.1) is 5.92 Å². The second-order valence-electron chi connectivity index (χ2n) is 4.84. The van der Waals surface area contributed by atoms with E-state index in [1.165, 1.54) is 0 Å². The fourth-order valence-electron chi connectivity index (χ4n) is 1.61. The second-order valence-corrected chi connectivity index (χ2v) is 4.84. The lowest BCUT2D eigenvalue weighted by Gasteiger charge is -2.43. The zero-order valence-corrected chi connectivity index (χ0v) is 9.21. The Hall–Kier alpha value is -0.610. The fraction of sp³-hybridized carbons (Fsp3) is 0.900. The van der Waals surface area contributed by atoms with Crippen LogP contribution in [0.1, 0.15) is 20.8 Å². The third-order valence-electron chi connectivity index (χ3n) is 2.20. The van der Waals surface area contributed by atoms with E-state index in [1.54, 1.807) is 6.92 Å². The normalized spacial score (nSPS) is 20.6. The van der Waals surface area contributed by atoms with Gasteiger partial charge >= 0.3 is 0 Å². The maximum absolute atomic E-state index is 11.3. The first-order valence-corrected chi connectivity index (χ1v) is 5.10. The van der Waals surface area contributed by atoms with Gasteiger partial charge in [-0.05, 0) is 12.8 Å². The summed E-state index contributed by atoms with van der Waals surface area (Å²) in [4.78, 5) is 13.3. The molecular weight excluding hydrogens is 180 g/mol. The van der Waals surface area contributed by atoms with Crippen molar-refractivity contribution in [3.05, 3.63) is 0 Å². The summed E-state index contributed by atoms with van der Waals surface area (Å²) < 4.78 is 0. The molecule has 1 aliphatic rings. The zero-order valence-electron chi connectivity index (χ0n) is 9.21. The molecular formula is C10H20N2O2. The minimum absolute atomic E-state index is 0.0502. The van der Waals surface area contributed by atoms with Crippen molar-refractivity contribution >= 4 is 5.91 Å². The van der Waals surface area contributed by atoms with Crippen LogP contribution in [0.5, 0.6) is 0 Å². The molecule has 1 fully saturated rings. The summed E-state index contributed by atoms with van der Waals surface area (Å²) in [5.41, 5.74) is -0.585. The van der Waals surface area contributed by atoms with E-state index in [0.29, 0.717) is 25.6 Å². The lowest BCUT2D eigenvalue weighted by atomic mass is 9.97. The lowest BCUT2D eigenvalue weighted by Crippen LogP contribution is -2.61. The van der Waals surface area contributed by atoms with Crippen LogP contribution < -0.4 is 5.32 Å². The molecule has 1 heterocycles. The Morgan fingerprint density at radius 1 is 1.57 bits per heavy atom. The molecule has 0 saturated carbocycles. The average Bonchev–Trinajstić information content (AvgIpc) is 1.97. The van der Waals surface area contributed by atoms with Crippen molar-refractivity contribution in [2.24, 2.45) is 5.92 Å². The van der Waals surface area contributed by atoms with Crippen LogP contribution in [0.25, 0.3) is 0 Å². The summed E-state index contributed by atoms with van der Waals surface area (Å²) in [7, 11) is 0. The Morgan fingerprint density at radius 2 is 2.14 bits per heavy atom. The Bertz CT molecular complexity index is 206. The highest BCUT2D eigenvalue weighted by molar-refractivity contribution is 5.78. The van der Waals surface area contributed by atoms with Crippen molar-refractivity contribution in [1.82, 2.24) is 10.2 Å². The van der Waals surface area contributed by atoms with Gasteiger partial charge in [0.1, 0.15) is 0 Å². The van der Waals surface area contributed by atoms with Crippen molar-refractivity contribution < 1.29 is 9.90 Å². The molecule has 14 heavy (non-hydrogen) atoms. The molecule has 82 valence electrons. The van der Waals surface area contributed by atoms with E-state index >= 15 is 0 Å². The minimum atomic E-state index is -0.585. The Labute approximate surface area is 85.3 Å².